The maximum Gasteiger partial charge on any atom is 0.410 e. The molecule has 2 bridgehead atoms. The van der Waals surface area contributed by atoms with Gasteiger partial charge >= 0.3 is 6.09 Å². The Hall–Kier alpha value is -1.19. The number of amides is 1. The van der Waals surface area contributed by atoms with Gasteiger partial charge in [-0.15, -0.1) is 0 Å². The molecule has 0 spiro atoms. The lowest BCUT2D eigenvalue weighted by Crippen LogP contribution is -2.41. The average molecular weight is 239 g/mol. The lowest BCUT2D eigenvalue weighted by atomic mass is 10.0. The van der Waals surface area contributed by atoms with E-state index in [9.17, 15) is 4.79 Å². The van der Waals surface area contributed by atoms with Gasteiger partial charge in [0.05, 0.1) is 13.4 Å². The molecule has 2 fully saturated rings. The van der Waals surface area contributed by atoms with Crippen LogP contribution in [-0.4, -0.2) is 36.3 Å². The molecule has 17 heavy (non-hydrogen) atoms. The van der Waals surface area contributed by atoms with Crippen molar-refractivity contribution in [2.45, 2.75) is 45.3 Å². The first-order chi connectivity index (χ1) is 7.90. The van der Waals surface area contributed by atoms with E-state index < -0.39 is 5.60 Å². The van der Waals surface area contributed by atoms with Gasteiger partial charge in [0.2, 0.25) is 0 Å². The summed E-state index contributed by atoms with van der Waals surface area (Å²) in [7, 11) is 1.67. The number of nitrogens with zero attached hydrogens (tertiary/aromatic N) is 1. The number of carbonyl (C=O) groups is 1. The number of ether oxygens (including phenoxy) is 2. The Kier molecular flexibility index (Phi) is 3.06. The molecule has 2 rings (SSSR count). The molecule has 1 aliphatic heterocycles. The zero-order valence-corrected chi connectivity index (χ0v) is 11.0. The van der Waals surface area contributed by atoms with Crippen LogP contribution >= 0.6 is 0 Å². The van der Waals surface area contributed by atoms with Crippen molar-refractivity contribution in [3.8, 4) is 0 Å². The minimum Gasteiger partial charge on any atom is -0.504 e. The van der Waals surface area contributed by atoms with Gasteiger partial charge in [0, 0.05) is 18.5 Å². The van der Waals surface area contributed by atoms with E-state index in [2.05, 4.69) is 0 Å². The minimum absolute atomic E-state index is 0.179. The van der Waals surface area contributed by atoms with Crippen molar-refractivity contribution >= 4 is 6.09 Å². The van der Waals surface area contributed by atoms with Gasteiger partial charge < -0.3 is 14.4 Å². The average Bonchev–Trinajstić information content (AvgIpc) is 2.74. The van der Waals surface area contributed by atoms with E-state index in [-0.39, 0.29) is 6.09 Å². The second kappa shape index (κ2) is 4.24. The van der Waals surface area contributed by atoms with Crippen LogP contribution in [0, 0.1) is 5.92 Å². The summed E-state index contributed by atoms with van der Waals surface area (Å²) in [6, 6.07) is 0.302. The topological polar surface area (TPSA) is 38.8 Å². The molecule has 1 aliphatic carbocycles. The van der Waals surface area contributed by atoms with E-state index in [1.165, 1.54) is 5.57 Å². The first-order valence-corrected chi connectivity index (χ1v) is 6.12. The van der Waals surface area contributed by atoms with Gasteiger partial charge in [-0.05, 0) is 39.2 Å². The van der Waals surface area contributed by atoms with Gasteiger partial charge in [-0.25, -0.2) is 4.79 Å². The fourth-order valence-electron chi connectivity index (χ4n) is 2.66. The standard InChI is InChI=1S/C13H21NO3/c1-13(2,3)17-12(15)14-7-9-5-11(14)6-10(9)8-16-4/h8-9,11H,5-7H2,1-4H3/b10-8-. The quantitative estimate of drug-likeness (QED) is 0.660. The number of carbonyl (C=O) groups excluding carboxylic acids is 1. The van der Waals surface area contributed by atoms with Crippen molar-refractivity contribution in [1.82, 2.24) is 4.90 Å². The molecule has 0 aromatic carbocycles. The van der Waals surface area contributed by atoms with Crippen molar-refractivity contribution in [1.29, 1.82) is 0 Å². The number of hydrogen-bond donors (Lipinski definition) is 0. The van der Waals surface area contributed by atoms with E-state index in [4.69, 9.17) is 9.47 Å². The van der Waals surface area contributed by atoms with E-state index in [0.29, 0.717) is 12.0 Å². The summed E-state index contributed by atoms with van der Waals surface area (Å²) in [5.74, 6) is 0.465. The van der Waals surface area contributed by atoms with E-state index in [0.717, 1.165) is 19.4 Å². The highest BCUT2D eigenvalue weighted by molar-refractivity contribution is 5.69. The summed E-state index contributed by atoms with van der Waals surface area (Å²) < 4.78 is 10.5. The van der Waals surface area contributed by atoms with Gasteiger partial charge in [-0.1, -0.05) is 0 Å². The molecule has 4 nitrogen and oxygen atoms in total. The van der Waals surface area contributed by atoms with Crippen LogP contribution in [0.3, 0.4) is 0 Å². The van der Waals surface area contributed by atoms with E-state index >= 15 is 0 Å². The largest absolute Gasteiger partial charge is 0.504 e. The molecule has 0 radical (unpaired) electrons. The smallest absolute Gasteiger partial charge is 0.410 e. The number of likely N-dealkylation sites (tertiary alicyclic amines) is 1. The predicted octanol–water partition coefficient (Wildman–Crippen LogP) is 2.55. The predicted molar refractivity (Wildman–Crippen MR) is 64.5 cm³/mol. The van der Waals surface area contributed by atoms with Gasteiger partial charge in [0.15, 0.2) is 0 Å². The zero-order valence-electron chi connectivity index (χ0n) is 11.0. The van der Waals surface area contributed by atoms with Gasteiger partial charge in [-0.3, -0.25) is 0 Å². The Morgan fingerprint density at radius 3 is 2.65 bits per heavy atom. The molecule has 4 heteroatoms. The maximum atomic E-state index is 12.0. The molecule has 1 saturated heterocycles. The Labute approximate surface area is 103 Å². The number of piperidine rings is 1. The Morgan fingerprint density at radius 1 is 1.47 bits per heavy atom. The number of rotatable bonds is 1. The summed E-state index contributed by atoms with van der Waals surface area (Å²) in [5.41, 5.74) is 0.918. The summed E-state index contributed by atoms with van der Waals surface area (Å²) in [6.07, 6.45) is 3.63. The van der Waals surface area contributed by atoms with Crippen LogP contribution in [0.2, 0.25) is 0 Å². The van der Waals surface area contributed by atoms with Crippen LogP contribution in [0.4, 0.5) is 4.79 Å². The van der Waals surface area contributed by atoms with Gasteiger partial charge in [0.1, 0.15) is 5.60 Å². The molecule has 2 atom stereocenters. The second-order valence-corrected chi connectivity index (χ2v) is 5.85. The molecular weight excluding hydrogens is 218 g/mol. The molecule has 1 amide bonds. The van der Waals surface area contributed by atoms with Gasteiger partial charge in [0.25, 0.3) is 0 Å². The van der Waals surface area contributed by atoms with Crippen molar-refractivity contribution in [3.63, 3.8) is 0 Å². The SMILES string of the molecule is CO/C=C1/CC2CC1CN2C(=O)OC(C)(C)C. The molecule has 1 heterocycles. The van der Waals surface area contributed by atoms with Crippen molar-refractivity contribution < 1.29 is 14.3 Å². The molecule has 1 saturated carbocycles. The normalized spacial score (nSPS) is 29.9. The van der Waals surface area contributed by atoms with Crippen LogP contribution in [0.25, 0.3) is 0 Å². The highest BCUT2D eigenvalue weighted by atomic mass is 16.6. The van der Waals surface area contributed by atoms with E-state index in [1.54, 1.807) is 7.11 Å². The number of fused-ring (bicyclic) bond motifs is 2. The molecular formula is C13H21NO3. The first-order valence-electron chi connectivity index (χ1n) is 6.12. The Morgan fingerprint density at radius 2 is 2.18 bits per heavy atom. The summed E-state index contributed by atoms with van der Waals surface area (Å²) in [6.45, 7) is 6.47. The summed E-state index contributed by atoms with van der Waals surface area (Å²) in [4.78, 5) is 13.8. The van der Waals surface area contributed by atoms with Crippen LogP contribution in [0.15, 0.2) is 11.8 Å². The lowest BCUT2D eigenvalue weighted by molar-refractivity contribution is 0.0208. The van der Waals surface area contributed by atoms with Crippen LogP contribution < -0.4 is 0 Å². The fourth-order valence-corrected chi connectivity index (χ4v) is 2.66. The molecule has 0 aromatic rings. The lowest BCUT2D eigenvalue weighted by Gasteiger charge is -2.30. The summed E-state index contributed by atoms with van der Waals surface area (Å²) >= 11 is 0. The highest BCUT2D eigenvalue weighted by Crippen LogP contribution is 2.42. The zero-order chi connectivity index (χ0) is 12.6. The molecule has 0 N–H and O–H groups in total. The Bertz CT molecular complexity index is 343. The summed E-state index contributed by atoms with van der Waals surface area (Å²) in [5, 5.41) is 0. The third-order valence-corrected chi connectivity index (χ3v) is 3.31. The Balaban J connectivity index is 1.96. The maximum absolute atomic E-state index is 12.0. The van der Waals surface area contributed by atoms with Gasteiger partial charge in [-0.2, -0.15) is 0 Å². The monoisotopic (exact) mass is 239 g/mol. The molecule has 0 aromatic heterocycles. The number of methoxy groups -OCH3 is 1. The number of hydrogen-bond acceptors (Lipinski definition) is 3. The third-order valence-electron chi connectivity index (χ3n) is 3.31. The fraction of sp³-hybridized carbons (Fsp3) is 0.769. The molecule has 2 unspecified atom stereocenters. The van der Waals surface area contributed by atoms with E-state index in [1.807, 2.05) is 31.9 Å². The van der Waals surface area contributed by atoms with Crippen molar-refractivity contribution in [2.75, 3.05) is 13.7 Å². The second-order valence-electron chi connectivity index (χ2n) is 5.85. The minimum atomic E-state index is -0.413. The molecule has 96 valence electrons. The highest BCUT2D eigenvalue weighted by Gasteiger charge is 2.44. The van der Waals surface area contributed by atoms with Crippen LogP contribution in [-0.2, 0) is 9.47 Å². The third kappa shape index (κ3) is 2.56. The van der Waals surface area contributed by atoms with Crippen molar-refractivity contribution in [2.24, 2.45) is 5.92 Å². The van der Waals surface area contributed by atoms with Crippen LogP contribution in [0.5, 0.6) is 0 Å². The molecule has 2 aliphatic rings. The van der Waals surface area contributed by atoms with Crippen LogP contribution in [0.1, 0.15) is 33.6 Å². The van der Waals surface area contributed by atoms with Crippen molar-refractivity contribution in [3.05, 3.63) is 11.8 Å². The first kappa shape index (κ1) is 12.3.